The highest BCUT2D eigenvalue weighted by atomic mass is 32.2. The molecule has 0 fully saturated rings. The lowest BCUT2D eigenvalue weighted by Crippen LogP contribution is -2.36. The van der Waals surface area contributed by atoms with Gasteiger partial charge in [-0.05, 0) is 42.2 Å². The van der Waals surface area contributed by atoms with Crippen molar-refractivity contribution in [2.75, 3.05) is 18.2 Å². The zero-order valence-corrected chi connectivity index (χ0v) is 20.5. The number of thioether (sulfide) groups is 1. The van der Waals surface area contributed by atoms with Crippen LogP contribution in [-0.4, -0.2) is 39.2 Å². The van der Waals surface area contributed by atoms with Gasteiger partial charge in [-0.1, -0.05) is 43.8 Å². The number of rotatable bonds is 6. The maximum absolute atomic E-state index is 13.4. The minimum atomic E-state index is -0.490. The summed E-state index contributed by atoms with van der Waals surface area (Å²) in [5, 5.41) is 8.42. The van der Waals surface area contributed by atoms with Crippen LogP contribution in [0.3, 0.4) is 0 Å². The SMILES string of the molecule is COc1ccccc1[C@@H]1C2=C(CC(C)(C)CC2=O)Nc2nc(SCC(=O)c3ccc(F)cc3)nn21. The number of Topliss-reactive ketones (excluding diaryl/α,β-unsaturated/α-hetero) is 2. The van der Waals surface area contributed by atoms with Gasteiger partial charge in [-0.15, -0.1) is 5.10 Å². The van der Waals surface area contributed by atoms with Gasteiger partial charge in [0.2, 0.25) is 11.1 Å². The van der Waals surface area contributed by atoms with Gasteiger partial charge < -0.3 is 10.1 Å². The Balaban J connectivity index is 1.50. The van der Waals surface area contributed by atoms with Crippen LogP contribution >= 0.6 is 11.8 Å². The minimum absolute atomic E-state index is 0.0708. The topological polar surface area (TPSA) is 86.1 Å². The number of ketones is 2. The zero-order valence-electron chi connectivity index (χ0n) is 19.7. The molecule has 2 aliphatic rings. The average Bonchev–Trinajstić information content (AvgIpc) is 3.23. The van der Waals surface area contributed by atoms with Crippen LogP contribution < -0.4 is 10.1 Å². The Hall–Kier alpha value is -3.46. The predicted octanol–water partition coefficient (Wildman–Crippen LogP) is 5.06. The number of para-hydroxylation sites is 1. The fourth-order valence-corrected chi connectivity index (χ4v) is 5.40. The van der Waals surface area contributed by atoms with Crippen molar-refractivity contribution >= 4 is 29.3 Å². The van der Waals surface area contributed by atoms with Crippen molar-refractivity contribution < 1.29 is 18.7 Å². The van der Waals surface area contributed by atoms with Crippen LogP contribution in [0, 0.1) is 11.2 Å². The fraction of sp³-hybridized carbons (Fsp3) is 0.308. The number of aromatic nitrogens is 3. The molecule has 9 heteroatoms. The molecule has 7 nitrogen and oxygen atoms in total. The van der Waals surface area contributed by atoms with Gasteiger partial charge in [0.1, 0.15) is 17.6 Å². The van der Waals surface area contributed by atoms with Gasteiger partial charge in [-0.3, -0.25) is 9.59 Å². The quantitative estimate of drug-likeness (QED) is 0.380. The highest BCUT2D eigenvalue weighted by molar-refractivity contribution is 7.99. The highest BCUT2D eigenvalue weighted by Gasteiger charge is 2.42. The highest BCUT2D eigenvalue weighted by Crippen LogP contribution is 2.47. The number of nitrogens with zero attached hydrogens (tertiary/aromatic N) is 3. The first kappa shape index (κ1) is 23.3. The molecule has 1 aliphatic carbocycles. The van der Waals surface area contributed by atoms with Crippen LogP contribution in [0.5, 0.6) is 5.75 Å². The number of hydrogen-bond donors (Lipinski definition) is 1. The second-order valence-electron chi connectivity index (χ2n) is 9.48. The number of carbonyl (C=O) groups is 2. The van der Waals surface area contributed by atoms with E-state index >= 15 is 0 Å². The second-order valence-corrected chi connectivity index (χ2v) is 10.4. The molecule has 0 unspecified atom stereocenters. The summed E-state index contributed by atoms with van der Waals surface area (Å²) in [5.41, 5.74) is 2.60. The molecule has 1 N–H and O–H groups in total. The first-order valence-corrected chi connectivity index (χ1v) is 12.3. The van der Waals surface area contributed by atoms with Crippen LogP contribution in [-0.2, 0) is 4.79 Å². The summed E-state index contributed by atoms with van der Waals surface area (Å²) >= 11 is 1.20. The molecular weight excluding hydrogens is 467 g/mol. The van der Waals surface area contributed by atoms with Crippen molar-refractivity contribution in [3.63, 3.8) is 0 Å². The van der Waals surface area contributed by atoms with E-state index in [0.717, 1.165) is 11.3 Å². The lowest BCUT2D eigenvalue weighted by Gasteiger charge is -2.38. The molecule has 0 saturated carbocycles. The molecule has 35 heavy (non-hydrogen) atoms. The summed E-state index contributed by atoms with van der Waals surface area (Å²) in [4.78, 5) is 30.6. The van der Waals surface area contributed by atoms with Crippen LogP contribution in [0.15, 0.2) is 65.0 Å². The second kappa shape index (κ2) is 8.96. The van der Waals surface area contributed by atoms with Gasteiger partial charge in [0, 0.05) is 28.8 Å². The Kier molecular flexibility index (Phi) is 5.96. The third-order valence-corrected chi connectivity index (χ3v) is 7.08. The molecule has 0 spiro atoms. The standard InChI is InChI=1S/C26H25FN4O3S/c1-26(2)12-18-22(19(32)13-26)23(17-6-4-5-7-21(17)34-3)31-24(28-18)29-25(30-31)35-14-20(33)15-8-10-16(27)11-9-15/h4-11,23H,12-14H2,1-3H3,(H,28,29,30)/t23-/m1/s1. The average molecular weight is 493 g/mol. The number of allylic oxidation sites excluding steroid dienone is 2. The van der Waals surface area contributed by atoms with Crippen molar-refractivity contribution in [2.45, 2.75) is 37.9 Å². The number of carbonyl (C=O) groups excluding carboxylic acids is 2. The number of benzene rings is 2. The van der Waals surface area contributed by atoms with E-state index < -0.39 is 6.04 Å². The summed E-state index contributed by atoms with van der Waals surface area (Å²) in [6.45, 7) is 4.16. The number of ether oxygens (including phenoxy) is 1. The molecule has 0 amide bonds. The Morgan fingerprint density at radius 1 is 1.20 bits per heavy atom. The van der Waals surface area contributed by atoms with Crippen LogP contribution in [0.25, 0.3) is 0 Å². The van der Waals surface area contributed by atoms with Gasteiger partial charge in [0.25, 0.3) is 0 Å². The first-order valence-electron chi connectivity index (χ1n) is 11.3. The maximum Gasteiger partial charge on any atom is 0.227 e. The van der Waals surface area contributed by atoms with E-state index in [4.69, 9.17) is 4.74 Å². The maximum atomic E-state index is 13.4. The number of hydrogen-bond acceptors (Lipinski definition) is 7. The van der Waals surface area contributed by atoms with Crippen molar-refractivity contribution in [1.29, 1.82) is 0 Å². The monoisotopic (exact) mass is 492 g/mol. The fourth-order valence-electron chi connectivity index (χ4n) is 4.68. The van der Waals surface area contributed by atoms with E-state index in [1.54, 1.807) is 11.8 Å². The van der Waals surface area contributed by atoms with Gasteiger partial charge in [-0.25, -0.2) is 9.07 Å². The molecule has 5 rings (SSSR count). The van der Waals surface area contributed by atoms with Crippen molar-refractivity contribution in [1.82, 2.24) is 14.8 Å². The summed E-state index contributed by atoms with van der Waals surface area (Å²) in [7, 11) is 1.60. The zero-order chi connectivity index (χ0) is 24.7. The minimum Gasteiger partial charge on any atom is -0.496 e. The Morgan fingerprint density at radius 2 is 1.94 bits per heavy atom. The summed E-state index contributed by atoms with van der Waals surface area (Å²) in [6.07, 6.45) is 1.15. The number of anilines is 1. The van der Waals surface area contributed by atoms with Gasteiger partial charge >= 0.3 is 0 Å². The predicted molar refractivity (Wildman–Crippen MR) is 131 cm³/mol. The largest absolute Gasteiger partial charge is 0.496 e. The Morgan fingerprint density at radius 3 is 2.69 bits per heavy atom. The molecule has 1 atom stereocenters. The van der Waals surface area contributed by atoms with Crippen LogP contribution in [0.1, 0.15) is 48.7 Å². The molecule has 2 heterocycles. The molecule has 0 bridgehead atoms. The van der Waals surface area contributed by atoms with E-state index in [0.29, 0.717) is 40.8 Å². The van der Waals surface area contributed by atoms with Crippen molar-refractivity contribution in [2.24, 2.45) is 5.41 Å². The van der Waals surface area contributed by atoms with Gasteiger partial charge in [-0.2, -0.15) is 4.98 Å². The van der Waals surface area contributed by atoms with E-state index in [-0.39, 0.29) is 28.6 Å². The molecule has 180 valence electrons. The summed E-state index contributed by atoms with van der Waals surface area (Å²) < 4.78 is 20.5. The van der Waals surface area contributed by atoms with E-state index in [1.807, 2.05) is 24.3 Å². The number of halogens is 1. The lowest BCUT2D eigenvalue weighted by atomic mass is 9.73. The van der Waals surface area contributed by atoms with Crippen LogP contribution in [0.4, 0.5) is 10.3 Å². The Bertz CT molecular complexity index is 1350. The molecule has 2 aromatic carbocycles. The Labute approximate surface area is 206 Å². The first-order chi connectivity index (χ1) is 16.8. The number of methoxy groups -OCH3 is 1. The number of nitrogens with one attached hydrogen (secondary N) is 1. The number of fused-ring (bicyclic) bond motifs is 1. The van der Waals surface area contributed by atoms with Crippen molar-refractivity contribution in [3.8, 4) is 5.75 Å². The molecule has 1 aliphatic heterocycles. The molecule has 0 saturated heterocycles. The third-order valence-electron chi connectivity index (χ3n) is 6.24. The van der Waals surface area contributed by atoms with E-state index in [9.17, 15) is 14.0 Å². The van der Waals surface area contributed by atoms with Gasteiger partial charge in [0.15, 0.2) is 11.6 Å². The third kappa shape index (κ3) is 4.48. The lowest BCUT2D eigenvalue weighted by molar-refractivity contribution is -0.118. The summed E-state index contributed by atoms with van der Waals surface area (Å²) in [5.74, 6) is 0.814. The smallest absolute Gasteiger partial charge is 0.227 e. The van der Waals surface area contributed by atoms with Gasteiger partial charge in [0.05, 0.1) is 12.9 Å². The van der Waals surface area contributed by atoms with E-state index in [1.165, 1.54) is 36.0 Å². The van der Waals surface area contributed by atoms with E-state index in [2.05, 4.69) is 29.2 Å². The molecular formula is C26H25FN4O3S. The summed E-state index contributed by atoms with van der Waals surface area (Å²) in [6, 6.07) is 12.6. The molecule has 3 aromatic rings. The normalized spacial score (nSPS) is 18.5. The molecule has 1 aromatic heterocycles. The van der Waals surface area contributed by atoms with Crippen LogP contribution in [0.2, 0.25) is 0 Å². The van der Waals surface area contributed by atoms with Crippen molar-refractivity contribution in [3.05, 3.63) is 76.7 Å². The molecule has 0 radical (unpaired) electrons.